The molecule has 0 aliphatic carbocycles. The van der Waals surface area contributed by atoms with Gasteiger partial charge in [-0.2, -0.15) is 0 Å². The third-order valence-corrected chi connectivity index (χ3v) is 6.61. The fourth-order valence-electron chi connectivity index (χ4n) is 3.25. The van der Waals surface area contributed by atoms with Crippen LogP contribution >= 0.6 is 7.60 Å². The van der Waals surface area contributed by atoms with Gasteiger partial charge in [0.1, 0.15) is 29.3 Å². The lowest BCUT2D eigenvalue weighted by Gasteiger charge is -2.27. The van der Waals surface area contributed by atoms with Gasteiger partial charge in [0.15, 0.2) is 0 Å². The average molecular weight is 519 g/mol. The van der Waals surface area contributed by atoms with E-state index in [1.54, 1.807) is 32.9 Å². The highest BCUT2D eigenvalue weighted by atomic mass is 31.2. The zero-order chi connectivity index (χ0) is 27.4. The Morgan fingerprint density at radius 3 is 1.69 bits per heavy atom. The van der Waals surface area contributed by atoms with E-state index in [2.05, 4.69) is 26.0 Å². The standard InChI is InChI=1S/C28H39O7P/c1-26(2,3)24(29)18-25(30)32-19-33-36(9,31)35-23-16-12-21(13-17-23)28(7,8)20-10-14-22(15-11-20)34-27(4,5)6/h10-17H,18-19H2,1-9H3. The monoisotopic (exact) mass is 518 g/mol. The average Bonchev–Trinajstić information content (AvgIpc) is 2.72. The minimum atomic E-state index is -3.55. The van der Waals surface area contributed by atoms with E-state index in [0.717, 1.165) is 16.9 Å². The molecule has 0 saturated carbocycles. The fraction of sp³-hybridized carbons (Fsp3) is 0.500. The molecule has 8 heteroatoms. The van der Waals surface area contributed by atoms with E-state index in [9.17, 15) is 14.2 Å². The van der Waals surface area contributed by atoms with Crippen molar-refractivity contribution in [3.05, 3.63) is 59.7 Å². The number of hydrogen-bond acceptors (Lipinski definition) is 7. The summed E-state index contributed by atoms with van der Waals surface area (Å²) in [6.07, 6.45) is -0.370. The van der Waals surface area contributed by atoms with Crippen LogP contribution in [0.2, 0.25) is 0 Å². The number of Topliss-reactive ketones (excluding diaryl/α,β-unsaturated/α-hetero) is 1. The summed E-state index contributed by atoms with van der Waals surface area (Å²) in [6, 6.07) is 15.3. The SMILES string of the molecule is CC(C)(C)Oc1ccc(C(C)(C)c2ccc(OP(C)(=O)OCOC(=O)CC(=O)C(C)(C)C)cc2)cc1. The van der Waals surface area contributed by atoms with Crippen LogP contribution in [0.15, 0.2) is 48.5 Å². The number of benzene rings is 2. The van der Waals surface area contributed by atoms with Crippen molar-refractivity contribution in [2.45, 2.75) is 72.8 Å². The maximum atomic E-state index is 12.7. The molecule has 0 saturated heterocycles. The van der Waals surface area contributed by atoms with Gasteiger partial charge in [-0.3, -0.25) is 14.1 Å². The van der Waals surface area contributed by atoms with Gasteiger partial charge in [0.05, 0.1) is 6.66 Å². The van der Waals surface area contributed by atoms with Crippen LogP contribution in [0.5, 0.6) is 11.5 Å². The summed E-state index contributed by atoms with van der Waals surface area (Å²) in [5.41, 5.74) is 0.970. The molecule has 198 valence electrons. The molecule has 0 radical (unpaired) electrons. The predicted molar refractivity (Wildman–Crippen MR) is 141 cm³/mol. The Labute approximate surface area is 215 Å². The fourth-order valence-corrected chi connectivity index (χ4v) is 4.05. The summed E-state index contributed by atoms with van der Waals surface area (Å²) in [5, 5.41) is 0. The van der Waals surface area contributed by atoms with E-state index < -0.39 is 25.8 Å². The van der Waals surface area contributed by atoms with Crippen molar-refractivity contribution in [2.24, 2.45) is 5.41 Å². The highest BCUT2D eigenvalue weighted by Gasteiger charge is 2.26. The number of ether oxygens (including phenoxy) is 2. The third kappa shape index (κ3) is 9.11. The van der Waals surface area contributed by atoms with Crippen LogP contribution < -0.4 is 9.26 Å². The van der Waals surface area contributed by atoms with Crippen molar-refractivity contribution in [3.8, 4) is 11.5 Å². The van der Waals surface area contributed by atoms with Gasteiger partial charge in [-0.15, -0.1) is 0 Å². The van der Waals surface area contributed by atoms with Gasteiger partial charge in [-0.25, -0.2) is 4.57 Å². The molecule has 0 spiro atoms. The van der Waals surface area contributed by atoms with Crippen LogP contribution in [0.25, 0.3) is 0 Å². The van der Waals surface area contributed by atoms with Crippen molar-refractivity contribution in [1.82, 2.24) is 0 Å². The number of rotatable bonds is 10. The van der Waals surface area contributed by atoms with E-state index in [1.807, 2.05) is 45.0 Å². The molecule has 2 aromatic carbocycles. The van der Waals surface area contributed by atoms with Crippen molar-refractivity contribution in [1.29, 1.82) is 0 Å². The van der Waals surface area contributed by atoms with Crippen molar-refractivity contribution >= 4 is 19.3 Å². The third-order valence-electron chi connectivity index (χ3n) is 5.50. The molecule has 0 aliphatic heterocycles. The molecular formula is C28H39O7P. The minimum Gasteiger partial charge on any atom is -0.488 e. The Bertz CT molecular complexity index is 1090. The lowest BCUT2D eigenvalue weighted by Crippen LogP contribution is -2.24. The van der Waals surface area contributed by atoms with Gasteiger partial charge < -0.3 is 14.0 Å². The second-order valence-corrected chi connectivity index (χ2v) is 13.3. The van der Waals surface area contributed by atoms with Crippen LogP contribution in [-0.4, -0.2) is 30.8 Å². The number of carbonyl (C=O) groups excluding carboxylic acids is 2. The minimum absolute atomic E-state index is 0.249. The molecule has 0 aliphatic rings. The quantitative estimate of drug-likeness (QED) is 0.146. The van der Waals surface area contributed by atoms with Gasteiger partial charge in [0.25, 0.3) is 0 Å². The normalized spacial score (nSPS) is 14.0. The molecule has 36 heavy (non-hydrogen) atoms. The summed E-state index contributed by atoms with van der Waals surface area (Å²) in [6.45, 7) is 16.2. The zero-order valence-electron chi connectivity index (χ0n) is 22.8. The van der Waals surface area contributed by atoms with Crippen molar-refractivity contribution in [3.63, 3.8) is 0 Å². The van der Waals surface area contributed by atoms with Crippen LogP contribution in [0.3, 0.4) is 0 Å². The highest BCUT2D eigenvalue weighted by molar-refractivity contribution is 7.53. The second-order valence-electron chi connectivity index (χ2n) is 11.4. The predicted octanol–water partition coefficient (Wildman–Crippen LogP) is 6.91. The van der Waals surface area contributed by atoms with Crippen molar-refractivity contribution < 1.29 is 32.7 Å². The number of ketones is 1. The maximum Gasteiger partial charge on any atom is 0.379 e. The van der Waals surface area contributed by atoms with Gasteiger partial charge in [0.2, 0.25) is 6.79 Å². The number of carbonyl (C=O) groups is 2. The summed E-state index contributed by atoms with van der Waals surface area (Å²) in [7, 11) is -3.55. The second kappa shape index (κ2) is 11.2. The smallest absolute Gasteiger partial charge is 0.379 e. The summed E-state index contributed by atoms with van der Waals surface area (Å²) < 4.78 is 34.1. The van der Waals surface area contributed by atoms with Crippen LogP contribution in [0.1, 0.15) is 72.9 Å². The molecule has 2 rings (SSSR count). The molecule has 0 N–H and O–H groups in total. The van der Waals surface area contributed by atoms with Crippen LogP contribution in [-0.2, 0) is 28.8 Å². The molecule has 0 fully saturated rings. The molecule has 0 bridgehead atoms. The van der Waals surface area contributed by atoms with Gasteiger partial charge in [-0.1, -0.05) is 58.9 Å². The first-order valence-corrected chi connectivity index (χ1v) is 13.9. The summed E-state index contributed by atoms with van der Waals surface area (Å²) >= 11 is 0. The molecule has 0 amide bonds. The molecule has 0 heterocycles. The van der Waals surface area contributed by atoms with Gasteiger partial charge in [0, 0.05) is 10.8 Å². The van der Waals surface area contributed by atoms with E-state index >= 15 is 0 Å². The first-order valence-electron chi connectivity index (χ1n) is 11.9. The summed E-state index contributed by atoms with van der Waals surface area (Å²) in [4.78, 5) is 23.7. The Kier molecular flexibility index (Phi) is 9.20. The Morgan fingerprint density at radius 2 is 1.25 bits per heavy atom. The van der Waals surface area contributed by atoms with Crippen molar-refractivity contribution in [2.75, 3.05) is 13.5 Å². The molecular weight excluding hydrogens is 479 g/mol. The Morgan fingerprint density at radius 1 is 0.778 bits per heavy atom. The molecule has 7 nitrogen and oxygen atoms in total. The van der Waals surface area contributed by atoms with E-state index in [1.165, 1.54) is 6.66 Å². The first kappa shape index (κ1) is 29.6. The molecule has 1 unspecified atom stereocenters. The highest BCUT2D eigenvalue weighted by Crippen LogP contribution is 2.45. The van der Waals surface area contributed by atoms with E-state index in [0.29, 0.717) is 5.75 Å². The number of hydrogen-bond donors (Lipinski definition) is 0. The lowest BCUT2D eigenvalue weighted by atomic mass is 9.78. The Hall–Kier alpha value is -2.63. The maximum absolute atomic E-state index is 12.7. The van der Waals surface area contributed by atoms with Gasteiger partial charge in [-0.05, 0) is 56.2 Å². The zero-order valence-corrected chi connectivity index (χ0v) is 23.7. The lowest BCUT2D eigenvalue weighted by molar-refractivity contribution is -0.153. The van der Waals surface area contributed by atoms with Crippen LogP contribution in [0.4, 0.5) is 0 Å². The van der Waals surface area contributed by atoms with E-state index in [-0.39, 0.29) is 23.2 Å². The van der Waals surface area contributed by atoms with Crippen LogP contribution in [0, 0.1) is 5.41 Å². The van der Waals surface area contributed by atoms with Gasteiger partial charge >= 0.3 is 13.6 Å². The number of esters is 1. The molecule has 2 aromatic rings. The molecule has 1 atom stereocenters. The largest absolute Gasteiger partial charge is 0.488 e. The topological polar surface area (TPSA) is 88.1 Å². The van der Waals surface area contributed by atoms with E-state index in [4.69, 9.17) is 18.5 Å². The summed E-state index contributed by atoms with van der Waals surface area (Å²) in [5.74, 6) is 0.194. The Balaban J connectivity index is 1.96. The first-order chi connectivity index (χ1) is 16.4. The molecule has 0 aromatic heterocycles.